The molecule has 0 radical (unpaired) electrons. The smallest absolute Gasteiger partial charge is 0.310 e. The minimum absolute atomic E-state index is 0.00667. The number of thiophene rings is 1. The molecule has 0 N–H and O–H groups in total. The minimum Gasteiger partial charge on any atom is -0.466 e. The van der Waals surface area contributed by atoms with Crippen LogP contribution in [0.3, 0.4) is 0 Å². The van der Waals surface area contributed by atoms with E-state index in [0.29, 0.717) is 31.9 Å². The molecule has 2 aromatic heterocycles. The van der Waals surface area contributed by atoms with E-state index >= 15 is 0 Å². The number of esters is 1. The lowest BCUT2D eigenvalue weighted by atomic mass is 9.98. The fourth-order valence-corrected chi connectivity index (χ4v) is 4.55. The molecule has 1 atom stereocenters. The molecule has 1 aliphatic heterocycles. The maximum absolute atomic E-state index is 13.3. The van der Waals surface area contributed by atoms with Crippen molar-refractivity contribution in [1.82, 2.24) is 9.47 Å². The molecule has 1 fully saturated rings. The molecular weight excluding hydrogens is 360 g/mol. The fourth-order valence-electron chi connectivity index (χ4n) is 3.59. The first-order valence-corrected chi connectivity index (χ1v) is 10.4. The van der Waals surface area contributed by atoms with E-state index in [9.17, 15) is 9.59 Å². The monoisotopic (exact) mass is 388 g/mol. The average molecular weight is 389 g/mol. The van der Waals surface area contributed by atoms with E-state index in [0.717, 1.165) is 23.1 Å². The summed E-state index contributed by atoms with van der Waals surface area (Å²) in [6.07, 6.45) is 3.76. The van der Waals surface area contributed by atoms with Crippen molar-refractivity contribution in [2.45, 2.75) is 47.1 Å². The molecule has 27 heavy (non-hydrogen) atoms. The van der Waals surface area contributed by atoms with Crippen molar-refractivity contribution in [3.05, 3.63) is 34.4 Å². The zero-order valence-electron chi connectivity index (χ0n) is 16.6. The molecule has 1 amide bonds. The first kappa shape index (κ1) is 19.7. The number of ether oxygens (including phenoxy) is 1. The SMILES string of the molecule is CCOC(=O)C1CCCN(C(=O)c2cc3sc(C)cc3n2CC=C(C)C)C1. The van der Waals surface area contributed by atoms with Crippen LogP contribution in [-0.4, -0.2) is 41.0 Å². The lowest BCUT2D eigenvalue weighted by Crippen LogP contribution is -2.43. The van der Waals surface area contributed by atoms with E-state index in [1.165, 1.54) is 10.5 Å². The second-order valence-electron chi connectivity index (χ2n) is 7.37. The third-order valence-corrected chi connectivity index (χ3v) is 5.93. The molecular formula is C21H28N2O3S. The summed E-state index contributed by atoms with van der Waals surface area (Å²) < 4.78 is 8.40. The van der Waals surface area contributed by atoms with Crippen molar-refractivity contribution in [3.63, 3.8) is 0 Å². The zero-order valence-corrected chi connectivity index (χ0v) is 17.4. The largest absolute Gasteiger partial charge is 0.466 e. The van der Waals surface area contributed by atoms with E-state index < -0.39 is 0 Å². The maximum Gasteiger partial charge on any atom is 0.310 e. The highest BCUT2D eigenvalue weighted by Crippen LogP contribution is 2.30. The van der Waals surface area contributed by atoms with Gasteiger partial charge in [0.2, 0.25) is 0 Å². The van der Waals surface area contributed by atoms with Crippen LogP contribution in [0.2, 0.25) is 0 Å². The molecule has 5 nitrogen and oxygen atoms in total. The summed E-state index contributed by atoms with van der Waals surface area (Å²) in [6, 6.07) is 4.15. The molecule has 0 saturated carbocycles. The summed E-state index contributed by atoms with van der Waals surface area (Å²) in [5.74, 6) is -0.397. The van der Waals surface area contributed by atoms with Crippen LogP contribution in [0.15, 0.2) is 23.8 Å². The number of carbonyl (C=O) groups excluding carboxylic acids is 2. The van der Waals surface area contributed by atoms with Gasteiger partial charge in [0.15, 0.2) is 0 Å². The highest BCUT2D eigenvalue weighted by Gasteiger charge is 2.31. The summed E-state index contributed by atoms with van der Waals surface area (Å²) in [7, 11) is 0. The number of allylic oxidation sites excluding steroid dienone is 2. The Bertz CT molecular complexity index is 873. The number of hydrogen-bond acceptors (Lipinski definition) is 4. The summed E-state index contributed by atoms with van der Waals surface area (Å²) in [5, 5.41) is 0. The Labute approximate surface area is 164 Å². The minimum atomic E-state index is -0.216. The van der Waals surface area contributed by atoms with Crippen molar-refractivity contribution >= 4 is 33.4 Å². The molecule has 2 aromatic rings. The maximum atomic E-state index is 13.3. The van der Waals surface area contributed by atoms with Crippen LogP contribution < -0.4 is 0 Å². The summed E-state index contributed by atoms with van der Waals surface area (Å²) in [6.45, 7) is 10.2. The number of likely N-dealkylation sites (tertiary alicyclic amines) is 1. The Kier molecular flexibility index (Phi) is 6.05. The van der Waals surface area contributed by atoms with Crippen LogP contribution in [0.4, 0.5) is 0 Å². The lowest BCUT2D eigenvalue weighted by molar-refractivity contribution is -0.149. The number of nitrogens with zero attached hydrogens (tertiary/aromatic N) is 2. The van der Waals surface area contributed by atoms with Gasteiger partial charge < -0.3 is 14.2 Å². The second kappa shape index (κ2) is 8.30. The van der Waals surface area contributed by atoms with Crippen LogP contribution in [0.25, 0.3) is 10.2 Å². The predicted molar refractivity (Wildman–Crippen MR) is 109 cm³/mol. The van der Waals surface area contributed by atoms with Gasteiger partial charge >= 0.3 is 5.97 Å². The third kappa shape index (κ3) is 4.26. The van der Waals surface area contributed by atoms with Gasteiger partial charge in [0, 0.05) is 24.5 Å². The van der Waals surface area contributed by atoms with E-state index in [2.05, 4.69) is 37.5 Å². The van der Waals surface area contributed by atoms with Crippen LogP contribution in [0.5, 0.6) is 0 Å². The standard InChI is InChI=1S/C21H28N2O3S/c1-5-26-21(25)16-7-6-9-22(13-16)20(24)18-12-19-17(11-15(4)27-19)23(18)10-8-14(2)3/h8,11-12,16H,5-7,9-10,13H2,1-4H3. The third-order valence-electron chi connectivity index (χ3n) is 4.94. The first-order valence-electron chi connectivity index (χ1n) is 9.59. The Morgan fingerprint density at radius 1 is 1.33 bits per heavy atom. The fraction of sp³-hybridized carbons (Fsp3) is 0.524. The molecule has 3 rings (SSSR count). The van der Waals surface area contributed by atoms with Crippen molar-refractivity contribution in [1.29, 1.82) is 0 Å². The Morgan fingerprint density at radius 3 is 2.81 bits per heavy atom. The summed E-state index contributed by atoms with van der Waals surface area (Å²) in [5.41, 5.74) is 3.04. The normalized spacial score (nSPS) is 17.2. The highest BCUT2D eigenvalue weighted by molar-refractivity contribution is 7.19. The molecule has 6 heteroatoms. The Hall–Kier alpha value is -2.08. The quantitative estimate of drug-likeness (QED) is 0.564. The van der Waals surface area contributed by atoms with Gasteiger partial charge in [-0.2, -0.15) is 0 Å². The molecule has 0 aliphatic carbocycles. The number of rotatable bonds is 5. The van der Waals surface area contributed by atoms with E-state index in [1.807, 2.05) is 17.9 Å². The van der Waals surface area contributed by atoms with Crippen LogP contribution >= 0.6 is 11.3 Å². The van der Waals surface area contributed by atoms with Crippen LogP contribution in [0, 0.1) is 12.8 Å². The topological polar surface area (TPSA) is 51.5 Å². The Morgan fingerprint density at radius 2 is 2.11 bits per heavy atom. The number of amides is 1. The van der Waals surface area contributed by atoms with Gasteiger partial charge in [-0.1, -0.05) is 11.6 Å². The second-order valence-corrected chi connectivity index (χ2v) is 8.66. The lowest BCUT2D eigenvalue weighted by Gasteiger charge is -2.31. The molecule has 1 saturated heterocycles. The molecule has 0 bridgehead atoms. The number of piperidine rings is 1. The molecule has 146 valence electrons. The molecule has 0 spiro atoms. The van der Waals surface area contributed by atoms with Crippen molar-refractivity contribution < 1.29 is 14.3 Å². The summed E-state index contributed by atoms with van der Waals surface area (Å²) >= 11 is 1.71. The van der Waals surface area contributed by atoms with E-state index in [4.69, 9.17) is 4.74 Å². The van der Waals surface area contributed by atoms with Gasteiger partial charge in [0.25, 0.3) is 5.91 Å². The van der Waals surface area contributed by atoms with Gasteiger partial charge in [-0.25, -0.2) is 0 Å². The first-order chi connectivity index (χ1) is 12.9. The molecule has 3 heterocycles. The number of fused-ring (bicyclic) bond motifs is 1. The van der Waals surface area contributed by atoms with Crippen LogP contribution in [0.1, 0.15) is 49.0 Å². The highest BCUT2D eigenvalue weighted by atomic mass is 32.1. The number of aromatic nitrogens is 1. The van der Waals surface area contributed by atoms with E-state index in [-0.39, 0.29) is 17.8 Å². The van der Waals surface area contributed by atoms with Crippen LogP contribution in [-0.2, 0) is 16.1 Å². The zero-order chi connectivity index (χ0) is 19.6. The van der Waals surface area contributed by atoms with Crippen molar-refractivity contribution in [3.8, 4) is 0 Å². The Balaban J connectivity index is 1.88. The van der Waals surface area contributed by atoms with Gasteiger partial charge in [0.1, 0.15) is 5.69 Å². The average Bonchev–Trinajstić information content (AvgIpc) is 3.15. The molecule has 1 aliphatic rings. The molecule has 0 aromatic carbocycles. The predicted octanol–water partition coefficient (Wildman–Crippen LogP) is 4.39. The summed E-state index contributed by atoms with van der Waals surface area (Å²) in [4.78, 5) is 28.4. The van der Waals surface area contributed by atoms with Crippen molar-refractivity contribution in [2.75, 3.05) is 19.7 Å². The number of carbonyl (C=O) groups is 2. The number of aryl methyl sites for hydroxylation is 1. The molecule has 1 unspecified atom stereocenters. The van der Waals surface area contributed by atoms with E-state index in [1.54, 1.807) is 11.3 Å². The van der Waals surface area contributed by atoms with Gasteiger partial charge in [0.05, 0.1) is 22.7 Å². The van der Waals surface area contributed by atoms with Gasteiger partial charge in [-0.05, 0) is 52.7 Å². The number of hydrogen-bond donors (Lipinski definition) is 0. The van der Waals surface area contributed by atoms with Crippen molar-refractivity contribution in [2.24, 2.45) is 5.92 Å². The van der Waals surface area contributed by atoms with Gasteiger partial charge in [-0.3, -0.25) is 9.59 Å². The van der Waals surface area contributed by atoms with Gasteiger partial charge in [-0.15, -0.1) is 11.3 Å².